The summed E-state index contributed by atoms with van der Waals surface area (Å²) in [6.07, 6.45) is 8.54. The normalized spacial score (nSPS) is 11.0. The monoisotopic (exact) mass is 308 g/mol. The predicted octanol–water partition coefficient (Wildman–Crippen LogP) is 5.03. The number of aromatic nitrogens is 1. The summed E-state index contributed by atoms with van der Waals surface area (Å²) in [6, 6.07) is 8.61. The summed E-state index contributed by atoms with van der Waals surface area (Å²) in [5.41, 5.74) is 2.72. The molecule has 21 heavy (non-hydrogen) atoms. The van der Waals surface area contributed by atoms with Crippen molar-refractivity contribution >= 4 is 23.3 Å². The molecule has 1 aromatic heterocycles. The van der Waals surface area contributed by atoms with Crippen molar-refractivity contribution in [2.24, 2.45) is 0 Å². The standard InChI is InChI=1S/C18H28N2.ClH/c1-3-5-12-20(13-6-4-2)14-11-16-15-19-18-10-8-7-9-17(16)18;/h7-10,15,19H,3-6,11-14H2,1-2H3;1H. The summed E-state index contributed by atoms with van der Waals surface area (Å²) in [6.45, 7) is 8.23. The molecule has 1 N–H and O–H groups in total. The van der Waals surface area contributed by atoms with E-state index in [2.05, 4.69) is 54.2 Å². The zero-order valence-electron chi connectivity index (χ0n) is 13.4. The Morgan fingerprint density at radius 3 is 2.29 bits per heavy atom. The SMILES string of the molecule is CCCCN(CCCC)CCc1c[nH]c2ccccc12.Cl. The van der Waals surface area contributed by atoms with Crippen molar-refractivity contribution in [2.45, 2.75) is 46.0 Å². The third-order valence-electron chi connectivity index (χ3n) is 4.03. The number of unbranched alkanes of at least 4 members (excludes halogenated alkanes) is 2. The molecule has 0 atom stereocenters. The summed E-state index contributed by atoms with van der Waals surface area (Å²) in [7, 11) is 0. The highest BCUT2D eigenvalue weighted by Gasteiger charge is 2.07. The van der Waals surface area contributed by atoms with Crippen LogP contribution in [-0.2, 0) is 6.42 Å². The van der Waals surface area contributed by atoms with E-state index in [1.165, 1.54) is 61.8 Å². The Hall–Kier alpha value is -0.990. The molecular formula is C18H29ClN2. The van der Waals surface area contributed by atoms with E-state index in [1.807, 2.05) is 0 Å². The van der Waals surface area contributed by atoms with Crippen molar-refractivity contribution < 1.29 is 0 Å². The molecule has 1 heterocycles. The van der Waals surface area contributed by atoms with Gasteiger partial charge in [0.2, 0.25) is 0 Å². The Morgan fingerprint density at radius 1 is 0.952 bits per heavy atom. The highest BCUT2D eigenvalue weighted by molar-refractivity contribution is 5.85. The van der Waals surface area contributed by atoms with Crippen LogP contribution in [-0.4, -0.2) is 29.5 Å². The van der Waals surface area contributed by atoms with Gasteiger partial charge in [-0.05, 0) is 44.0 Å². The molecule has 0 radical (unpaired) electrons. The van der Waals surface area contributed by atoms with Gasteiger partial charge in [0.05, 0.1) is 0 Å². The molecular weight excluding hydrogens is 280 g/mol. The number of nitrogens with zero attached hydrogens (tertiary/aromatic N) is 1. The fourth-order valence-corrected chi connectivity index (χ4v) is 2.72. The van der Waals surface area contributed by atoms with Crippen LogP contribution in [0.25, 0.3) is 10.9 Å². The predicted molar refractivity (Wildman–Crippen MR) is 95.5 cm³/mol. The van der Waals surface area contributed by atoms with Gasteiger partial charge in [0, 0.05) is 23.6 Å². The van der Waals surface area contributed by atoms with Crippen LogP contribution in [0.3, 0.4) is 0 Å². The largest absolute Gasteiger partial charge is 0.361 e. The number of H-pyrrole nitrogens is 1. The zero-order chi connectivity index (χ0) is 14.2. The second-order valence-electron chi connectivity index (χ2n) is 5.66. The Morgan fingerprint density at radius 2 is 1.62 bits per heavy atom. The second kappa shape index (κ2) is 9.86. The fraction of sp³-hybridized carbons (Fsp3) is 0.556. The lowest BCUT2D eigenvalue weighted by atomic mass is 10.1. The first kappa shape index (κ1) is 18.1. The number of para-hydroxylation sites is 1. The molecule has 0 bridgehead atoms. The number of halogens is 1. The van der Waals surface area contributed by atoms with E-state index < -0.39 is 0 Å². The topological polar surface area (TPSA) is 19.0 Å². The summed E-state index contributed by atoms with van der Waals surface area (Å²) < 4.78 is 0. The molecule has 0 saturated heterocycles. The average Bonchev–Trinajstić information content (AvgIpc) is 2.90. The number of hydrogen-bond acceptors (Lipinski definition) is 1. The number of rotatable bonds is 9. The fourth-order valence-electron chi connectivity index (χ4n) is 2.72. The van der Waals surface area contributed by atoms with E-state index in [9.17, 15) is 0 Å². The molecule has 118 valence electrons. The van der Waals surface area contributed by atoms with E-state index in [0.717, 1.165) is 6.42 Å². The lowest BCUT2D eigenvalue weighted by molar-refractivity contribution is 0.268. The van der Waals surface area contributed by atoms with E-state index in [0.29, 0.717) is 0 Å². The van der Waals surface area contributed by atoms with E-state index in [1.54, 1.807) is 0 Å². The number of aromatic amines is 1. The molecule has 0 spiro atoms. The van der Waals surface area contributed by atoms with Crippen molar-refractivity contribution in [1.29, 1.82) is 0 Å². The first-order valence-electron chi connectivity index (χ1n) is 8.12. The minimum Gasteiger partial charge on any atom is -0.361 e. The van der Waals surface area contributed by atoms with Crippen LogP contribution in [0.1, 0.15) is 45.1 Å². The molecule has 0 saturated carbocycles. The number of nitrogens with one attached hydrogen (secondary N) is 1. The van der Waals surface area contributed by atoms with Crippen LogP contribution < -0.4 is 0 Å². The van der Waals surface area contributed by atoms with E-state index >= 15 is 0 Å². The van der Waals surface area contributed by atoms with Gasteiger partial charge in [0.15, 0.2) is 0 Å². The van der Waals surface area contributed by atoms with Crippen LogP contribution in [0, 0.1) is 0 Å². The lowest BCUT2D eigenvalue weighted by Crippen LogP contribution is -2.28. The van der Waals surface area contributed by atoms with Gasteiger partial charge in [-0.25, -0.2) is 0 Å². The Labute approximate surface area is 135 Å². The molecule has 0 unspecified atom stereocenters. The number of fused-ring (bicyclic) bond motifs is 1. The maximum absolute atomic E-state index is 3.38. The smallest absolute Gasteiger partial charge is 0.0456 e. The molecule has 3 heteroatoms. The maximum Gasteiger partial charge on any atom is 0.0456 e. The van der Waals surface area contributed by atoms with E-state index in [-0.39, 0.29) is 12.4 Å². The van der Waals surface area contributed by atoms with Crippen molar-refractivity contribution in [3.05, 3.63) is 36.0 Å². The number of hydrogen-bond donors (Lipinski definition) is 1. The summed E-state index contributed by atoms with van der Waals surface area (Å²) in [5.74, 6) is 0. The first-order valence-corrected chi connectivity index (χ1v) is 8.12. The Kier molecular flexibility index (Phi) is 8.48. The molecule has 2 aromatic rings. The highest BCUT2D eigenvalue weighted by Crippen LogP contribution is 2.18. The minimum absolute atomic E-state index is 0. The van der Waals surface area contributed by atoms with Crippen LogP contribution >= 0.6 is 12.4 Å². The van der Waals surface area contributed by atoms with Crippen molar-refractivity contribution in [3.8, 4) is 0 Å². The molecule has 2 rings (SSSR count). The summed E-state index contributed by atoms with van der Waals surface area (Å²) in [5, 5.41) is 1.39. The van der Waals surface area contributed by atoms with Crippen molar-refractivity contribution in [3.63, 3.8) is 0 Å². The summed E-state index contributed by atoms with van der Waals surface area (Å²) in [4.78, 5) is 6.01. The quantitative estimate of drug-likeness (QED) is 0.688. The third-order valence-corrected chi connectivity index (χ3v) is 4.03. The maximum atomic E-state index is 3.38. The molecule has 0 aliphatic heterocycles. The summed E-state index contributed by atoms with van der Waals surface area (Å²) >= 11 is 0. The van der Waals surface area contributed by atoms with Crippen LogP contribution in [0.15, 0.2) is 30.5 Å². The van der Waals surface area contributed by atoms with Gasteiger partial charge < -0.3 is 9.88 Å². The van der Waals surface area contributed by atoms with Gasteiger partial charge in [-0.2, -0.15) is 0 Å². The minimum atomic E-state index is 0. The average molecular weight is 309 g/mol. The van der Waals surface area contributed by atoms with Gasteiger partial charge in [-0.15, -0.1) is 12.4 Å². The van der Waals surface area contributed by atoms with Gasteiger partial charge in [0.1, 0.15) is 0 Å². The second-order valence-corrected chi connectivity index (χ2v) is 5.66. The van der Waals surface area contributed by atoms with Crippen LogP contribution in [0.5, 0.6) is 0 Å². The van der Waals surface area contributed by atoms with Crippen molar-refractivity contribution in [2.75, 3.05) is 19.6 Å². The van der Waals surface area contributed by atoms with Crippen LogP contribution in [0.4, 0.5) is 0 Å². The first-order chi connectivity index (χ1) is 9.85. The molecule has 1 aromatic carbocycles. The van der Waals surface area contributed by atoms with Crippen molar-refractivity contribution in [1.82, 2.24) is 9.88 Å². The van der Waals surface area contributed by atoms with Gasteiger partial charge >= 0.3 is 0 Å². The van der Waals surface area contributed by atoms with Gasteiger partial charge in [-0.1, -0.05) is 44.9 Å². The molecule has 0 fully saturated rings. The molecule has 0 aliphatic rings. The number of benzene rings is 1. The van der Waals surface area contributed by atoms with Crippen LogP contribution in [0.2, 0.25) is 0 Å². The lowest BCUT2D eigenvalue weighted by Gasteiger charge is -2.21. The highest BCUT2D eigenvalue weighted by atomic mass is 35.5. The Balaban J connectivity index is 0.00000220. The molecule has 0 amide bonds. The van der Waals surface area contributed by atoms with Gasteiger partial charge in [-0.3, -0.25) is 0 Å². The third kappa shape index (κ3) is 5.37. The van der Waals surface area contributed by atoms with E-state index in [4.69, 9.17) is 0 Å². The zero-order valence-corrected chi connectivity index (χ0v) is 14.2. The molecule has 0 aliphatic carbocycles. The van der Waals surface area contributed by atoms with Gasteiger partial charge in [0.25, 0.3) is 0 Å². The molecule has 2 nitrogen and oxygen atoms in total. The Bertz CT molecular complexity index is 499.